The molecule has 0 atom stereocenters. The lowest BCUT2D eigenvalue weighted by Crippen LogP contribution is -2.36. The Bertz CT molecular complexity index is 1180. The van der Waals surface area contributed by atoms with Crippen molar-refractivity contribution in [3.8, 4) is 11.6 Å². The van der Waals surface area contributed by atoms with Crippen molar-refractivity contribution in [3.63, 3.8) is 0 Å². The smallest absolute Gasteiger partial charge is 0.269 e. The molecule has 2 aromatic heterocycles. The van der Waals surface area contributed by atoms with Crippen molar-refractivity contribution >= 4 is 16.7 Å². The Kier molecular flexibility index (Phi) is 6.13. The highest BCUT2D eigenvalue weighted by Gasteiger charge is 2.26. The SMILES string of the molecule is Cc1nccc(O[C@H]2CC[C@@H](Oc3cc(N4CCOCC4)cc4ncc(=O)n(C)c34)CC2)n1. The van der Waals surface area contributed by atoms with E-state index in [9.17, 15) is 4.79 Å². The Labute approximate surface area is 192 Å². The van der Waals surface area contributed by atoms with Gasteiger partial charge in [0, 0.05) is 44.2 Å². The molecule has 0 bridgehead atoms. The molecule has 1 saturated carbocycles. The number of rotatable bonds is 5. The second kappa shape index (κ2) is 9.35. The maximum atomic E-state index is 12.3. The van der Waals surface area contributed by atoms with Crippen molar-refractivity contribution < 1.29 is 14.2 Å². The van der Waals surface area contributed by atoms with Gasteiger partial charge in [0.05, 0.1) is 31.0 Å². The summed E-state index contributed by atoms with van der Waals surface area (Å²) in [5.41, 5.74) is 2.38. The van der Waals surface area contributed by atoms with Gasteiger partial charge >= 0.3 is 0 Å². The number of aryl methyl sites for hydroxylation is 2. The van der Waals surface area contributed by atoms with Gasteiger partial charge < -0.3 is 23.7 Å². The number of aromatic nitrogens is 4. The highest BCUT2D eigenvalue weighted by molar-refractivity contribution is 5.85. The van der Waals surface area contributed by atoms with Crippen molar-refractivity contribution in [1.82, 2.24) is 19.5 Å². The molecular formula is C24H29N5O4. The average molecular weight is 452 g/mol. The van der Waals surface area contributed by atoms with Gasteiger partial charge in [-0.05, 0) is 38.7 Å². The lowest BCUT2D eigenvalue weighted by Gasteiger charge is -2.31. The predicted molar refractivity (Wildman–Crippen MR) is 124 cm³/mol. The zero-order chi connectivity index (χ0) is 22.8. The molecule has 174 valence electrons. The topological polar surface area (TPSA) is 91.6 Å². The molecule has 1 aliphatic heterocycles. The van der Waals surface area contributed by atoms with E-state index in [0.29, 0.717) is 30.7 Å². The van der Waals surface area contributed by atoms with Crippen molar-refractivity contribution in [1.29, 1.82) is 0 Å². The van der Waals surface area contributed by atoms with Crippen LogP contribution in [-0.2, 0) is 11.8 Å². The first-order chi connectivity index (χ1) is 16.1. The van der Waals surface area contributed by atoms with E-state index < -0.39 is 0 Å². The van der Waals surface area contributed by atoms with E-state index in [0.717, 1.165) is 55.5 Å². The normalized spacial score (nSPS) is 21.2. The van der Waals surface area contributed by atoms with E-state index in [1.807, 2.05) is 19.1 Å². The number of hydrogen-bond donors (Lipinski definition) is 0. The molecule has 0 N–H and O–H groups in total. The zero-order valence-corrected chi connectivity index (χ0v) is 19.1. The molecule has 5 rings (SSSR count). The Hall–Kier alpha value is -3.20. The van der Waals surface area contributed by atoms with Crippen molar-refractivity contribution in [2.45, 2.75) is 44.8 Å². The standard InChI is InChI=1S/C24H29N5O4/c1-16-25-8-7-22(27-16)33-19-5-3-18(4-6-19)32-21-14-17(29-9-11-31-12-10-29)13-20-24(21)28(2)23(30)15-26-20/h7-8,13-15,18-19H,3-6,9-12H2,1-2H3/t18-,19+. The summed E-state index contributed by atoms with van der Waals surface area (Å²) in [6.45, 7) is 4.90. The third-order valence-corrected chi connectivity index (χ3v) is 6.35. The molecule has 3 aromatic rings. The fraction of sp³-hybridized carbons (Fsp3) is 0.500. The van der Waals surface area contributed by atoms with Crippen molar-refractivity contribution in [2.75, 3.05) is 31.2 Å². The quantitative estimate of drug-likeness (QED) is 0.585. The molecule has 1 aromatic carbocycles. The Morgan fingerprint density at radius 3 is 2.48 bits per heavy atom. The summed E-state index contributed by atoms with van der Waals surface area (Å²) < 4.78 is 19.7. The summed E-state index contributed by atoms with van der Waals surface area (Å²) in [5.74, 6) is 2.03. The minimum Gasteiger partial charge on any atom is -0.488 e. The van der Waals surface area contributed by atoms with Crippen LogP contribution in [0.25, 0.3) is 11.0 Å². The van der Waals surface area contributed by atoms with Gasteiger partial charge in [-0.3, -0.25) is 4.79 Å². The molecule has 0 unspecified atom stereocenters. The van der Waals surface area contributed by atoms with Crippen LogP contribution >= 0.6 is 0 Å². The van der Waals surface area contributed by atoms with Crippen molar-refractivity contribution in [2.24, 2.45) is 7.05 Å². The average Bonchev–Trinajstić information content (AvgIpc) is 2.83. The van der Waals surface area contributed by atoms with Crippen LogP contribution in [0.4, 0.5) is 5.69 Å². The Morgan fingerprint density at radius 1 is 1.03 bits per heavy atom. The fourth-order valence-electron chi connectivity index (χ4n) is 4.55. The first kappa shape index (κ1) is 21.6. The van der Waals surface area contributed by atoms with E-state index in [1.165, 1.54) is 6.20 Å². The predicted octanol–water partition coefficient (Wildman–Crippen LogP) is 2.64. The summed E-state index contributed by atoms with van der Waals surface area (Å²) >= 11 is 0. The van der Waals surface area contributed by atoms with Gasteiger partial charge in [0.25, 0.3) is 5.56 Å². The maximum Gasteiger partial charge on any atom is 0.269 e. The minimum absolute atomic E-state index is 0.0513. The third kappa shape index (κ3) is 4.78. The van der Waals surface area contributed by atoms with E-state index in [4.69, 9.17) is 14.2 Å². The summed E-state index contributed by atoms with van der Waals surface area (Å²) in [6.07, 6.45) is 6.75. The molecule has 1 aliphatic carbocycles. The van der Waals surface area contributed by atoms with Crippen LogP contribution < -0.4 is 19.9 Å². The molecule has 1 saturated heterocycles. The maximum absolute atomic E-state index is 12.3. The molecule has 0 radical (unpaired) electrons. The molecular weight excluding hydrogens is 422 g/mol. The number of benzene rings is 1. The van der Waals surface area contributed by atoms with Crippen LogP contribution in [0.15, 0.2) is 35.4 Å². The van der Waals surface area contributed by atoms with Gasteiger partial charge in [0.15, 0.2) is 0 Å². The van der Waals surface area contributed by atoms with Crippen LogP contribution in [0.1, 0.15) is 31.5 Å². The zero-order valence-electron chi connectivity index (χ0n) is 19.1. The first-order valence-electron chi connectivity index (χ1n) is 11.5. The summed E-state index contributed by atoms with van der Waals surface area (Å²) in [4.78, 5) is 27.4. The molecule has 2 fully saturated rings. The molecule has 9 heteroatoms. The minimum atomic E-state index is -0.149. The van der Waals surface area contributed by atoms with Crippen LogP contribution in [0.3, 0.4) is 0 Å². The number of hydrogen-bond acceptors (Lipinski definition) is 8. The van der Waals surface area contributed by atoms with Gasteiger partial charge in [-0.1, -0.05) is 0 Å². The van der Waals surface area contributed by atoms with Crippen LogP contribution in [-0.4, -0.2) is 58.0 Å². The van der Waals surface area contributed by atoms with Gasteiger partial charge in [0.1, 0.15) is 23.2 Å². The molecule has 2 aliphatic rings. The van der Waals surface area contributed by atoms with Crippen LogP contribution in [0, 0.1) is 6.92 Å². The Morgan fingerprint density at radius 2 is 1.76 bits per heavy atom. The third-order valence-electron chi connectivity index (χ3n) is 6.35. The Balaban J connectivity index is 1.34. The highest BCUT2D eigenvalue weighted by Crippen LogP contribution is 2.33. The second-order valence-electron chi connectivity index (χ2n) is 8.64. The number of anilines is 1. The summed E-state index contributed by atoms with van der Waals surface area (Å²) in [5, 5.41) is 0. The van der Waals surface area contributed by atoms with E-state index in [-0.39, 0.29) is 17.8 Å². The molecule has 0 spiro atoms. The van der Waals surface area contributed by atoms with Crippen LogP contribution in [0.5, 0.6) is 11.6 Å². The molecule has 33 heavy (non-hydrogen) atoms. The van der Waals surface area contributed by atoms with Gasteiger partial charge in [-0.25, -0.2) is 9.97 Å². The fourth-order valence-corrected chi connectivity index (χ4v) is 4.55. The van der Waals surface area contributed by atoms with E-state index in [1.54, 1.807) is 23.9 Å². The second-order valence-corrected chi connectivity index (χ2v) is 8.64. The number of fused-ring (bicyclic) bond motifs is 1. The van der Waals surface area contributed by atoms with Gasteiger partial charge in [-0.2, -0.15) is 4.98 Å². The summed E-state index contributed by atoms with van der Waals surface area (Å²) in [6, 6.07) is 5.87. The number of nitrogens with zero attached hydrogens (tertiary/aromatic N) is 5. The summed E-state index contributed by atoms with van der Waals surface area (Å²) in [7, 11) is 1.77. The molecule has 0 amide bonds. The van der Waals surface area contributed by atoms with Crippen molar-refractivity contribution in [3.05, 3.63) is 46.8 Å². The number of ether oxygens (including phenoxy) is 3. The monoisotopic (exact) mass is 451 g/mol. The van der Waals surface area contributed by atoms with E-state index >= 15 is 0 Å². The van der Waals surface area contributed by atoms with Gasteiger partial charge in [0.2, 0.25) is 5.88 Å². The lowest BCUT2D eigenvalue weighted by molar-refractivity contribution is 0.0784. The number of morpholine rings is 1. The van der Waals surface area contributed by atoms with Gasteiger partial charge in [-0.15, -0.1) is 0 Å². The molecule has 3 heterocycles. The highest BCUT2D eigenvalue weighted by atomic mass is 16.5. The largest absolute Gasteiger partial charge is 0.488 e. The first-order valence-corrected chi connectivity index (χ1v) is 11.5. The van der Waals surface area contributed by atoms with E-state index in [2.05, 4.69) is 19.9 Å². The lowest BCUT2D eigenvalue weighted by atomic mass is 9.95. The molecule has 9 nitrogen and oxygen atoms in total. The van der Waals surface area contributed by atoms with Crippen LogP contribution in [0.2, 0.25) is 0 Å².